The van der Waals surface area contributed by atoms with Crippen molar-refractivity contribution in [1.82, 2.24) is 4.72 Å². The highest BCUT2D eigenvalue weighted by Crippen LogP contribution is 2.22. The Morgan fingerprint density at radius 3 is 2.10 bits per heavy atom. The summed E-state index contributed by atoms with van der Waals surface area (Å²) in [5.74, 6) is -2.17. The summed E-state index contributed by atoms with van der Waals surface area (Å²) >= 11 is 0. The second-order valence-electron chi connectivity index (χ2n) is 7.31. The summed E-state index contributed by atoms with van der Waals surface area (Å²) in [6, 6.07) is 13.6. The maximum atomic E-state index is 13.3. The van der Waals surface area contributed by atoms with E-state index < -0.39 is 27.7 Å². The summed E-state index contributed by atoms with van der Waals surface area (Å²) in [5, 5.41) is 0.869. The molecule has 2 aromatic rings. The average Bonchev–Trinajstić information content (AvgIpc) is 2.68. The molecule has 1 N–H and O–H groups in total. The van der Waals surface area contributed by atoms with Crippen molar-refractivity contribution in [3.05, 3.63) is 82.5 Å². The second kappa shape index (κ2) is 10.2. The molecule has 0 saturated carbocycles. The number of carbonyl (C=O) groups is 2. The van der Waals surface area contributed by atoms with Gasteiger partial charge in [-0.3, -0.25) is 9.59 Å². The van der Waals surface area contributed by atoms with Crippen LogP contribution in [-0.2, 0) is 19.6 Å². The third-order valence-electron chi connectivity index (χ3n) is 4.26. The van der Waals surface area contributed by atoms with Crippen LogP contribution in [0.15, 0.2) is 71.2 Å². The Bertz CT molecular complexity index is 1100. The van der Waals surface area contributed by atoms with Crippen LogP contribution in [0.5, 0.6) is 0 Å². The lowest BCUT2D eigenvalue weighted by atomic mass is 10.1. The molecule has 0 bridgehead atoms. The van der Waals surface area contributed by atoms with Crippen molar-refractivity contribution < 1.29 is 22.4 Å². The number of sulfonamides is 1. The highest BCUT2D eigenvalue weighted by Gasteiger charge is 2.29. The first-order valence-corrected chi connectivity index (χ1v) is 11.1. The molecule has 31 heavy (non-hydrogen) atoms. The van der Waals surface area contributed by atoms with Gasteiger partial charge < -0.3 is 4.90 Å². The summed E-state index contributed by atoms with van der Waals surface area (Å²) in [7, 11) is -4.14. The van der Waals surface area contributed by atoms with Crippen molar-refractivity contribution in [2.45, 2.75) is 33.7 Å². The van der Waals surface area contributed by atoms with Crippen molar-refractivity contribution in [3.8, 4) is 0 Å². The Balaban J connectivity index is 2.30. The van der Waals surface area contributed by atoms with Crippen LogP contribution in [0.2, 0.25) is 0 Å². The predicted octanol–water partition coefficient (Wildman–Crippen LogP) is 4.02. The highest BCUT2D eigenvalue weighted by atomic mass is 32.2. The lowest BCUT2D eigenvalue weighted by Crippen LogP contribution is -2.43. The third kappa shape index (κ3) is 6.62. The number of anilines is 1. The molecule has 0 atom stereocenters. The SMILES string of the molecule is CC(C)=C(C(=O)NS(=O)(=O)C=Cc1ccccc1)C(=O)N(c1ccc(F)cc1)C(C)C. The van der Waals surface area contributed by atoms with Crippen LogP contribution in [0.4, 0.5) is 10.1 Å². The second-order valence-corrected chi connectivity index (χ2v) is 8.88. The van der Waals surface area contributed by atoms with Gasteiger partial charge in [0.1, 0.15) is 11.4 Å². The van der Waals surface area contributed by atoms with Gasteiger partial charge >= 0.3 is 0 Å². The van der Waals surface area contributed by atoms with Gasteiger partial charge in [0.05, 0.1) is 5.41 Å². The first-order valence-electron chi connectivity index (χ1n) is 9.58. The summed E-state index contributed by atoms with van der Waals surface area (Å²) < 4.78 is 40.0. The van der Waals surface area contributed by atoms with Crippen LogP contribution in [0.25, 0.3) is 6.08 Å². The molecule has 0 aliphatic rings. The van der Waals surface area contributed by atoms with E-state index in [1.54, 1.807) is 58.0 Å². The van der Waals surface area contributed by atoms with Gasteiger partial charge in [0.15, 0.2) is 0 Å². The number of hydrogen-bond donors (Lipinski definition) is 1. The number of benzene rings is 2. The molecular weight excluding hydrogens is 419 g/mol. The number of halogens is 1. The zero-order valence-electron chi connectivity index (χ0n) is 17.8. The van der Waals surface area contributed by atoms with Gasteiger partial charge in [-0.1, -0.05) is 35.9 Å². The Hall–Kier alpha value is -3.26. The molecule has 0 spiro atoms. The smallest absolute Gasteiger partial charge is 0.270 e. The quantitative estimate of drug-likeness (QED) is 0.397. The fraction of sp³-hybridized carbons (Fsp3) is 0.217. The minimum absolute atomic E-state index is 0.297. The van der Waals surface area contributed by atoms with Crippen LogP contribution in [-0.4, -0.2) is 26.3 Å². The number of carbonyl (C=O) groups excluding carboxylic acids is 2. The lowest BCUT2D eigenvalue weighted by Gasteiger charge is -2.28. The predicted molar refractivity (Wildman–Crippen MR) is 120 cm³/mol. The van der Waals surface area contributed by atoms with E-state index in [1.807, 2.05) is 4.72 Å². The van der Waals surface area contributed by atoms with E-state index in [4.69, 9.17) is 0 Å². The zero-order valence-corrected chi connectivity index (χ0v) is 18.6. The average molecular weight is 445 g/mol. The molecule has 0 aromatic heterocycles. The van der Waals surface area contributed by atoms with E-state index in [-0.39, 0.29) is 11.6 Å². The van der Waals surface area contributed by atoms with Crippen molar-refractivity contribution in [2.24, 2.45) is 0 Å². The van der Waals surface area contributed by atoms with Gasteiger partial charge in [0.25, 0.3) is 21.8 Å². The number of nitrogens with one attached hydrogen (secondary N) is 1. The Labute approximate surface area is 182 Å². The van der Waals surface area contributed by atoms with E-state index in [9.17, 15) is 22.4 Å². The molecule has 0 saturated heterocycles. The lowest BCUT2D eigenvalue weighted by molar-refractivity contribution is -0.121. The topological polar surface area (TPSA) is 83.5 Å². The molecule has 8 heteroatoms. The van der Waals surface area contributed by atoms with Crippen molar-refractivity contribution in [1.29, 1.82) is 0 Å². The summed E-state index contributed by atoms with van der Waals surface area (Å²) in [6.45, 7) is 6.56. The Morgan fingerprint density at radius 1 is 1.00 bits per heavy atom. The minimum Gasteiger partial charge on any atom is -0.306 e. The van der Waals surface area contributed by atoms with E-state index >= 15 is 0 Å². The molecule has 0 radical (unpaired) electrons. The molecule has 0 aliphatic heterocycles. The van der Waals surface area contributed by atoms with Gasteiger partial charge in [0.2, 0.25) is 0 Å². The summed E-state index contributed by atoms with van der Waals surface area (Å²) in [4.78, 5) is 27.3. The van der Waals surface area contributed by atoms with Crippen LogP contribution in [0.3, 0.4) is 0 Å². The highest BCUT2D eigenvalue weighted by molar-refractivity contribution is 7.93. The maximum absolute atomic E-state index is 13.3. The number of rotatable bonds is 7. The van der Waals surface area contributed by atoms with Crippen LogP contribution in [0.1, 0.15) is 33.3 Å². The molecule has 0 unspecified atom stereocenters. The van der Waals surface area contributed by atoms with Crippen molar-refractivity contribution in [2.75, 3.05) is 4.90 Å². The summed E-state index contributed by atoms with van der Waals surface area (Å²) in [5.41, 5.74) is 1.08. The molecular formula is C23H25FN2O4S. The van der Waals surface area contributed by atoms with Gasteiger partial charge in [-0.2, -0.15) is 0 Å². The van der Waals surface area contributed by atoms with Gasteiger partial charge in [-0.05, 0) is 63.6 Å². The van der Waals surface area contributed by atoms with Crippen LogP contribution < -0.4 is 9.62 Å². The van der Waals surface area contributed by atoms with Crippen molar-refractivity contribution >= 4 is 33.6 Å². The largest absolute Gasteiger partial charge is 0.306 e. The number of nitrogens with zero attached hydrogens (tertiary/aromatic N) is 1. The third-order valence-corrected chi connectivity index (χ3v) is 5.22. The first-order chi connectivity index (χ1) is 14.5. The standard InChI is InChI=1S/C23H25FN2O4S/c1-16(2)21(23(28)26(17(3)4)20-12-10-19(24)11-13-20)22(27)25-31(29,30)15-14-18-8-6-5-7-9-18/h5-15,17H,1-4H3,(H,25,27). The molecule has 6 nitrogen and oxygen atoms in total. The molecule has 0 aliphatic carbocycles. The van der Waals surface area contributed by atoms with E-state index in [0.717, 1.165) is 5.41 Å². The molecule has 2 rings (SSSR count). The molecule has 0 fully saturated rings. The van der Waals surface area contributed by atoms with E-state index in [0.29, 0.717) is 16.8 Å². The van der Waals surface area contributed by atoms with Gasteiger partial charge in [-0.15, -0.1) is 0 Å². The van der Waals surface area contributed by atoms with Crippen molar-refractivity contribution in [3.63, 3.8) is 0 Å². The van der Waals surface area contributed by atoms with Gasteiger partial charge in [0, 0.05) is 11.7 Å². The molecule has 2 amide bonds. The van der Waals surface area contributed by atoms with Crippen LogP contribution in [0, 0.1) is 5.82 Å². The molecule has 164 valence electrons. The summed E-state index contributed by atoms with van der Waals surface area (Å²) in [6.07, 6.45) is 1.35. The maximum Gasteiger partial charge on any atom is 0.270 e. The van der Waals surface area contributed by atoms with E-state index in [2.05, 4.69) is 0 Å². The molecule has 2 aromatic carbocycles. The number of allylic oxidation sites excluding steroid dienone is 1. The zero-order chi connectivity index (χ0) is 23.2. The number of amides is 2. The van der Waals surface area contributed by atoms with E-state index in [1.165, 1.54) is 35.2 Å². The Morgan fingerprint density at radius 2 is 1.58 bits per heavy atom. The monoisotopic (exact) mass is 444 g/mol. The van der Waals surface area contributed by atoms with Gasteiger partial charge in [-0.25, -0.2) is 17.5 Å². The first kappa shape index (κ1) is 24.0. The van der Waals surface area contributed by atoms with Crippen LogP contribution >= 0.6 is 0 Å². The number of hydrogen-bond acceptors (Lipinski definition) is 4. The minimum atomic E-state index is -4.14. The fourth-order valence-electron chi connectivity index (χ4n) is 2.86. The molecule has 0 heterocycles. The normalized spacial score (nSPS) is 11.4. The fourth-order valence-corrected chi connectivity index (χ4v) is 3.62. The Kier molecular flexibility index (Phi) is 7.88.